The number of nitrogens with zero attached hydrogens (tertiary/aromatic N) is 1. The van der Waals surface area contributed by atoms with Crippen molar-refractivity contribution in [3.8, 4) is 0 Å². The van der Waals surface area contributed by atoms with Gasteiger partial charge in [0.05, 0.1) is 0 Å². The van der Waals surface area contributed by atoms with Gasteiger partial charge in [0.1, 0.15) is 0 Å². The second-order valence-electron chi connectivity index (χ2n) is 2.03. The van der Waals surface area contributed by atoms with Crippen molar-refractivity contribution in [1.29, 1.82) is 0 Å². The SMILES string of the molecule is CCC=CN(N)C=CCC. The second kappa shape index (κ2) is 6.36. The summed E-state index contributed by atoms with van der Waals surface area (Å²) in [6.07, 6.45) is 9.78. The van der Waals surface area contributed by atoms with Crippen LogP contribution in [-0.4, -0.2) is 5.01 Å². The van der Waals surface area contributed by atoms with Gasteiger partial charge < -0.3 is 0 Å². The van der Waals surface area contributed by atoms with Gasteiger partial charge in [-0.25, -0.2) is 5.84 Å². The molecular weight excluding hydrogens is 124 g/mol. The van der Waals surface area contributed by atoms with Crippen LogP contribution in [0.4, 0.5) is 0 Å². The van der Waals surface area contributed by atoms with E-state index >= 15 is 0 Å². The third-order valence-corrected chi connectivity index (χ3v) is 1.03. The van der Waals surface area contributed by atoms with Gasteiger partial charge in [-0.3, -0.25) is 5.01 Å². The van der Waals surface area contributed by atoms with Crippen LogP contribution in [-0.2, 0) is 0 Å². The van der Waals surface area contributed by atoms with Crippen molar-refractivity contribution in [1.82, 2.24) is 5.01 Å². The third-order valence-electron chi connectivity index (χ3n) is 1.03. The van der Waals surface area contributed by atoms with Gasteiger partial charge in [0.15, 0.2) is 0 Å². The fourth-order valence-corrected chi connectivity index (χ4v) is 0.504. The lowest BCUT2D eigenvalue weighted by Gasteiger charge is -2.04. The van der Waals surface area contributed by atoms with E-state index in [1.54, 1.807) is 5.01 Å². The van der Waals surface area contributed by atoms with Gasteiger partial charge >= 0.3 is 0 Å². The Hall–Kier alpha value is -0.760. The number of rotatable bonds is 4. The maximum Gasteiger partial charge on any atom is 0.0166 e. The van der Waals surface area contributed by atoms with Gasteiger partial charge in [-0.2, -0.15) is 0 Å². The van der Waals surface area contributed by atoms with Crippen LogP contribution in [0.15, 0.2) is 24.6 Å². The second-order valence-corrected chi connectivity index (χ2v) is 2.03. The molecular formula is C8H16N2. The Morgan fingerprint density at radius 1 is 1.10 bits per heavy atom. The van der Waals surface area contributed by atoms with E-state index in [0.29, 0.717) is 0 Å². The molecule has 0 aromatic rings. The van der Waals surface area contributed by atoms with Crippen molar-refractivity contribution in [2.24, 2.45) is 5.84 Å². The van der Waals surface area contributed by atoms with E-state index in [2.05, 4.69) is 13.8 Å². The van der Waals surface area contributed by atoms with E-state index in [1.165, 1.54) is 0 Å². The molecule has 0 aliphatic carbocycles. The van der Waals surface area contributed by atoms with Crippen LogP contribution < -0.4 is 5.84 Å². The highest BCUT2D eigenvalue weighted by Crippen LogP contribution is 1.86. The maximum absolute atomic E-state index is 5.51. The number of hydrogen-bond acceptors (Lipinski definition) is 2. The molecule has 2 N–H and O–H groups in total. The highest BCUT2D eigenvalue weighted by molar-refractivity contribution is 4.87. The van der Waals surface area contributed by atoms with E-state index < -0.39 is 0 Å². The van der Waals surface area contributed by atoms with Crippen molar-refractivity contribution in [3.05, 3.63) is 24.6 Å². The number of hydrazine groups is 1. The lowest BCUT2D eigenvalue weighted by molar-refractivity contribution is 0.536. The molecule has 0 radical (unpaired) electrons. The van der Waals surface area contributed by atoms with Crippen LogP contribution in [0.3, 0.4) is 0 Å². The maximum atomic E-state index is 5.51. The Labute approximate surface area is 63.0 Å². The molecule has 0 heterocycles. The van der Waals surface area contributed by atoms with Crippen molar-refractivity contribution in [2.45, 2.75) is 26.7 Å². The number of hydrogen-bond donors (Lipinski definition) is 1. The Kier molecular flexibility index (Phi) is 5.88. The first-order valence-corrected chi connectivity index (χ1v) is 3.67. The van der Waals surface area contributed by atoms with Crippen LogP contribution >= 0.6 is 0 Å². The van der Waals surface area contributed by atoms with Crippen LogP contribution in [0.25, 0.3) is 0 Å². The topological polar surface area (TPSA) is 29.3 Å². The van der Waals surface area contributed by atoms with E-state index in [1.807, 2.05) is 24.6 Å². The molecule has 0 saturated heterocycles. The average Bonchev–Trinajstić information content (AvgIpc) is 1.97. The summed E-state index contributed by atoms with van der Waals surface area (Å²) in [6, 6.07) is 0. The molecule has 2 heteroatoms. The summed E-state index contributed by atoms with van der Waals surface area (Å²) in [7, 11) is 0. The minimum Gasteiger partial charge on any atom is -0.295 e. The molecule has 0 aliphatic heterocycles. The van der Waals surface area contributed by atoms with Crippen molar-refractivity contribution < 1.29 is 0 Å². The Morgan fingerprint density at radius 2 is 1.50 bits per heavy atom. The van der Waals surface area contributed by atoms with E-state index in [-0.39, 0.29) is 0 Å². The smallest absolute Gasteiger partial charge is 0.0166 e. The molecule has 0 rings (SSSR count). The fraction of sp³-hybridized carbons (Fsp3) is 0.500. The first kappa shape index (κ1) is 9.24. The summed E-state index contributed by atoms with van der Waals surface area (Å²) >= 11 is 0. The standard InChI is InChI=1S/C8H16N2/c1-3-5-7-10(9)8-6-4-2/h5-8H,3-4,9H2,1-2H3. The predicted molar refractivity (Wildman–Crippen MR) is 44.9 cm³/mol. The molecule has 0 bridgehead atoms. The van der Waals surface area contributed by atoms with E-state index in [9.17, 15) is 0 Å². The Bertz CT molecular complexity index is 102. The van der Waals surface area contributed by atoms with Crippen LogP contribution in [0, 0.1) is 0 Å². The van der Waals surface area contributed by atoms with E-state index in [4.69, 9.17) is 5.84 Å². The molecule has 0 fully saturated rings. The van der Waals surface area contributed by atoms with Crippen molar-refractivity contribution in [2.75, 3.05) is 0 Å². The van der Waals surface area contributed by atoms with Crippen LogP contribution in [0.2, 0.25) is 0 Å². The molecule has 2 nitrogen and oxygen atoms in total. The summed E-state index contributed by atoms with van der Waals surface area (Å²) in [4.78, 5) is 0. The van der Waals surface area contributed by atoms with Crippen molar-refractivity contribution >= 4 is 0 Å². The zero-order valence-corrected chi connectivity index (χ0v) is 6.75. The Morgan fingerprint density at radius 3 is 1.80 bits per heavy atom. The zero-order chi connectivity index (χ0) is 7.82. The summed E-state index contributed by atoms with van der Waals surface area (Å²) in [5, 5.41) is 1.56. The first-order chi connectivity index (χ1) is 4.81. The largest absolute Gasteiger partial charge is 0.295 e. The summed E-state index contributed by atoms with van der Waals surface area (Å²) < 4.78 is 0. The highest BCUT2D eigenvalue weighted by Gasteiger charge is 1.78. The van der Waals surface area contributed by atoms with Gasteiger partial charge in [0.25, 0.3) is 0 Å². The summed E-state index contributed by atoms with van der Waals surface area (Å²) in [6.45, 7) is 4.15. The molecule has 10 heavy (non-hydrogen) atoms. The Balaban J connectivity index is 3.52. The third kappa shape index (κ3) is 5.38. The normalized spacial score (nSPS) is 11.5. The minimum absolute atomic E-state index is 1.02. The average molecular weight is 140 g/mol. The molecule has 0 amide bonds. The summed E-state index contributed by atoms with van der Waals surface area (Å²) in [5.41, 5.74) is 0. The number of allylic oxidation sites excluding steroid dienone is 2. The fourth-order valence-electron chi connectivity index (χ4n) is 0.504. The highest BCUT2D eigenvalue weighted by atomic mass is 15.4. The zero-order valence-electron chi connectivity index (χ0n) is 6.75. The van der Waals surface area contributed by atoms with Crippen LogP contribution in [0.5, 0.6) is 0 Å². The molecule has 58 valence electrons. The first-order valence-electron chi connectivity index (χ1n) is 3.67. The van der Waals surface area contributed by atoms with Crippen LogP contribution in [0.1, 0.15) is 26.7 Å². The van der Waals surface area contributed by atoms with Gasteiger partial charge in [-0.05, 0) is 12.8 Å². The van der Waals surface area contributed by atoms with Crippen molar-refractivity contribution in [3.63, 3.8) is 0 Å². The molecule has 0 aromatic carbocycles. The van der Waals surface area contributed by atoms with Gasteiger partial charge in [-0.15, -0.1) is 0 Å². The van der Waals surface area contributed by atoms with Gasteiger partial charge in [0, 0.05) is 12.4 Å². The molecule has 0 saturated carbocycles. The lowest BCUT2D eigenvalue weighted by Crippen LogP contribution is -2.17. The quantitative estimate of drug-likeness (QED) is 0.478. The predicted octanol–water partition coefficient (Wildman–Crippen LogP) is 2.01. The molecule has 0 atom stereocenters. The number of nitrogens with two attached hydrogens (primary N) is 1. The van der Waals surface area contributed by atoms with Gasteiger partial charge in [-0.1, -0.05) is 26.0 Å². The molecule has 0 aliphatic rings. The summed E-state index contributed by atoms with van der Waals surface area (Å²) in [5.74, 6) is 5.51. The molecule has 0 aromatic heterocycles. The molecule has 0 unspecified atom stereocenters. The van der Waals surface area contributed by atoms with E-state index in [0.717, 1.165) is 12.8 Å². The lowest BCUT2D eigenvalue weighted by atomic mass is 10.4. The monoisotopic (exact) mass is 140 g/mol. The minimum atomic E-state index is 1.02. The van der Waals surface area contributed by atoms with Gasteiger partial charge in [0.2, 0.25) is 0 Å². The molecule has 0 spiro atoms.